The van der Waals surface area contributed by atoms with Gasteiger partial charge in [-0.1, -0.05) is 0 Å². The highest BCUT2D eigenvalue weighted by molar-refractivity contribution is 5.96. The molecule has 76 valence electrons. The molecule has 0 saturated heterocycles. The number of aryl methyl sites for hydroxylation is 1. The summed E-state index contributed by atoms with van der Waals surface area (Å²) in [6.45, 7) is 3.55. The average Bonchev–Trinajstić information content (AvgIpc) is 2.47. The molecule has 0 unspecified atom stereocenters. The third-order valence-electron chi connectivity index (χ3n) is 1.67. The molecule has 1 aromatic rings. The highest BCUT2D eigenvalue weighted by Gasteiger charge is 2.05. The normalized spacial score (nSPS) is 9.86. The fourth-order valence-corrected chi connectivity index (χ4v) is 1.05. The second-order valence-electron chi connectivity index (χ2n) is 3.17. The quantitative estimate of drug-likeness (QED) is 0.734. The molecule has 0 atom stereocenters. The molecule has 1 amide bonds. The van der Waals surface area contributed by atoms with Crippen molar-refractivity contribution in [2.75, 3.05) is 0 Å². The molecule has 0 bridgehead atoms. The highest BCUT2D eigenvalue weighted by Crippen LogP contribution is 2.05. The Balaban J connectivity index is 2.34. The van der Waals surface area contributed by atoms with E-state index in [0.29, 0.717) is 12.3 Å². The summed E-state index contributed by atoms with van der Waals surface area (Å²) in [5.41, 5.74) is 0. The van der Waals surface area contributed by atoms with Gasteiger partial charge in [0.1, 0.15) is 17.3 Å². The van der Waals surface area contributed by atoms with Crippen LogP contribution in [0.1, 0.15) is 24.9 Å². The molecule has 1 heterocycles. The van der Waals surface area contributed by atoms with Gasteiger partial charge in [0.15, 0.2) is 0 Å². The smallest absolute Gasteiger partial charge is 0.227 e. The van der Waals surface area contributed by atoms with Gasteiger partial charge >= 0.3 is 0 Å². The number of amides is 1. The highest BCUT2D eigenvalue weighted by atomic mass is 16.3. The Kier molecular flexibility index (Phi) is 3.45. The standard InChI is InChI=1S/C10H13NO3/c1-7(12)5-10(13)11-6-9-4-3-8(2)14-9/h3-4H,5-6H2,1-2H3,(H,11,13). The molecular formula is C10H13NO3. The average molecular weight is 195 g/mol. The molecular weight excluding hydrogens is 182 g/mol. The lowest BCUT2D eigenvalue weighted by Crippen LogP contribution is -2.24. The molecule has 0 saturated carbocycles. The Labute approximate surface area is 82.3 Å². The first-order valence-electron chi connectivity index (χ1n) is 4.39. The molecule has 0 fully saturated rings. The van der Waals surface area contributed by atoms with Gasteiger partial charge in [0.05, 0.1) is 13.0 Å². The summed E-state index contributed by atoms with van der Waals surface area (Å²) in [7, 11) is 0. The van der Waals surface area contributed by atoms with E-state index in [2.05, 4.69) is 5.32 Å². The Morgan fingerprint density at radius 1 is 1.43 bits per heavy atom. The van der Waals surface area contributed by atoms with E-state index in [1.54, 1.807) is 6.07 Å². The lowest BCUT2D eigenvalue weighted by molar-refractivity contribution is -0.127. The number of hydrogen-bond donors (Lipinski definition) is 1. The van der Waals surface area contributed by atoms with Crippen LogP contribution in [0.2, 0.25) is 0 Å². The zero-order valence-electron chi connectivity index (χ0n) is 8.29. The summed E-state index contributed by atoms with van der Waals surface area (Å²) in [6, 6.07) is 3.62. The second kappa shape index (κ2) is 4.60. The summed E-state index contributed by atoms with van der Waals surface area (Å²) < 4.78 is 5.24. The van der Waals surface area contributed by atoms with Crippen molar-refractivity contribution in [1.82, 2.24) is 5.32 Å². The minimum absolute atomic E-state index is 0.0698. The molecule has 0 spiro atoms. The minimum atomic E-state index is -0.272. The third kappa shape index (κ3) is 3.43. The van der Waals surface area contributed by atoms with Crippen LogP contribution < -0.4 is 5.32 Å². The van der Waals surface area contributed by atoms with Crippen molar-refractivity contribution in [2.45, 2.75) is 26.8 Å². The van der Waals surface area contributed by atoms with Crippen LogP contribution in [0.3, 0.4) is 0 Å². The fourth-order valence-electron chi connectivity index (χ4n) is 1.05. The van der Waals surface area contributed by atoms with E-state index in [4.69, 9.17) is 4.42 Å². The predicted octanol–water partition coefficient (Wildman–Crippen LogP) is 1.18. The monoisotopic (exact) mass is 195 g/mol. The molecule has 0 radical (unpaired) electrons. The van der Waals surface area contributed by atoms with E-state index < -0.39 is 0 Å². The van der Waals surface area contributed by atoms with Crippen molar-refractivity contribution in [3.8, 4) is 0 Å². The van der Waals surface area contributed by atoms with E-state index in [1.165, 1.54) is 6.92 Å². The van der Waals surface area contributed by atoms with Crippen LogP contribution in [0.15, 0.2) is 16.5 Å². The predicted molar refractivity (Wildman–Crippen MR) is 50.6 cm³/mol. The molecule has 0 aromatic carbocycles. The summed E-state index contributed by atoms with van der Waals surface area (Å²) in [5.74, 6) is 1.09. The van der Waals surface area contributed by atoms with Crippen molar-refractivity contribution in [2.24, 2.45) is 0 Å². The number of carbonyl (C=O) groups is 2. The van der Waals surface area contributed by atoms with Gasteiger partial charge in [0, 0.05) is 0 Å². The molecule has 1 aromatic heterocycles. The molecule has 4 heteroatoms. The van der Waals surface area contributed by atoms with Gasteiger partial charge in [-0.3, -0.25) is 9.59 Å². The zero-order chi connectivity index (χ0) is 10.6. The Bertz CT molecular complexity index is 341. The molecule has 14 heavy (non-hydrogen) atoms. The van der Waals surface area contributed by atoms with Crippen LogP contribution in [-0.4, -0.2) is 11.7 Å². The number of hydrogen-bond acceptors (Lipinski definition) is 3. The van der Waals surface area contributed by atoms with Crippen LogP contribution in [0.4, 0.5) is 0 Å². The first-order chi connectivity index (χ1) is 6.58. The maximum absolute atomic E-state index is 11.1. The summed E-state index contributed by atoms with van der Waals surface area (Å²) in [4.78, 5) is 21.6. The number of rotatable bonds is 4. The molecule has 0 aliphatic rings. The van der Waals surface area contributed by atoms with Gasteiger partial charge in [0.2, 0.25) is 5.91 Å². The van der Waals surface area contributed by atoms with Gasteiger partial charge in [-0.2, -0.15) is 0 Å². The van der Waals surface area contributed by atoms with Crippen molar-refractivity contribution < 1.29 is 14.0 Å². The maximum atomic E-state index is 11.1. The second-order valence-corrected chi connectivity index (χ2v) is 3.17. The van der Waals surface area contributed by atoms with Gasteiger partial charge in [-0.05, 0) is 26.0 Å². The lowest BCUT2D eigenvalue weighted by Gasteiger charge is -2.00. The first kappa shape index (κ1) is 10.5. The number of carbonyl (C=O) groups excluding carboxylic acids is 2. The van der Waals surface area contributed by atoms with Crippen molar-refractivity contribution in [3.63, 3.8) is 0 Å². The largest absolute Gasteiger partial charge is 0.465 e. The minimum Gasteiger partial charge on any atom is -0.465 e. The number of furan rings is 1. The van der Waals surface area contributed by atoms with Crippen LogP contribution in [0.5, 0.6) is 0 Å². The fraction of sp³-hybridized carbons (Fsp3) is 0.400. The van der Waals surface area contributed by atoms with Gasteiger partial charge in [-0.15, -0.1) is 0 Å². The molecule has 1 rings (SSSR count). The zero-order valence-corrected chi connectivity index (χ0v) is 8.29. The Hall–Kier alpha value is -1.58. The number of Topliss-reactive ketones (excluding diaryl/α,β-unsaturated/α-hetero) is 1. The van der Waals surface area contributed by atoms with Crippen molar-refractivity contribution in [1.29, 1.82) is 0 Å². The van der Waals surface area contributed by atoms with Crippen LogP contribution in [0.25, 0.3) is 0 Å². The Morgan fingerprint density at radius 3 is 2.64 bits per heavy atom. The van der Waals surface area contributed by atoms with Crippen LogP contribution in [0, 0.1) is 6.92 Å². The van der Waals surface area contributed by atoms with Gasteiger partial charge in [0.25, 0.3) is 0 Å². The third-order valence-corrected chi connectivity index (χ3v) is 1.67. The van der Waals surface area contributed by atoms with Crippen LogP contribution >= 0.6 is 0 Å². The number of nitrogens with one attached hydrogen (secondary N) is 1. The maximum Gasteiger partial charge on any atom is 0.227 e. The molecule has 1 N–H and O–H groups in total. The van der Waals surface area contributed by atoms with Gasteiger partial charge < -0.3 is 9.73 Å². The summed E-state index contributed by atoms with van der Waals surface area (Å²) in [6.07, 6.45) is -0.0698. The first-order valence-corrected chi connectivity index (χ1v) is 4.39. The van der Waals surface area contributed by atoms with E-state index in [9.17, 15) is 9.59 Å². The van der Waals surface area contributed by atoms with E-state index in [-0.39, 0.29) is 18.1 Å². The molecule has 4 nitrogen and oxygen atoms in total. The summed E-state index contributed by atoms with van der Waals surface area (Å²) in [5, 5.41) is 2.59. The number of ketones is 1. The lowest BCUT2D eigenvalue weighted by atomic mass is 10.3. The topological polar surface area (TPSA) is 59.3 Å². The van der Waals surface area contributed by atoms with Crippen molar-refractivity contribution in [3.05, 3.63) is 23.7 Å². The van der Waals surface area contributed by atoms with E-state index in [1.807, 2.05) is 13.0 Å². The van der Waals surface area contributed by atoms with E-state index >= 15 is 0 Å². The van der Waals surface area contributed by atoms with E-state index in [0.717, 1.165) is 5.76 Å². The SMILES string of the molecule is CC(=O)CC(=O)NCc1ccc(C)o1. The van der Waals surface area contributed by atoms with Crippen LogP contribution in [-0.2, 0) is 16.1 Å². The van der Waals surface area contributed by atoms with Crippen molar-refractivity contribution >= 4 is 11.7 Å². The Morgan fingerprint density at radius 2 is 2.14 bits per heavy atom. The van der Waals surface area contributed by atoms with Gasteiger partial charge in [-0.25, -0.2) is 0 Å². The summed E-state index contributed by atoms with van der Waals surface area (Å²) >= 11 is 0. The molecule has 0 aliphatic heterocycles. The molecule has 0 aliphatic carbocycles.